The van der Waals surface area contributed by atoms with Crippen LogP contribution in [0.15, 0.2) is 47.3 Å². The molecule has 0 spiro atoms. The average molecular weight is 693 g/mol. The number of carbonyl (C=O) groups is 5. The molecule has 2 bridgehead atoms. The third-order valence-corrected chi connectivity index (χ3v) is 13.2. The molecule has 50 heavy (non-hydrogen) atoms. The van der Waals surface area contributed by atoms with Gasteiger partial charge in [-0.1, -0.05) is 20.8 Å². The maximum atomic E-state index is 15.5. The Labute approximate surface area is 290 Å². The monoisotopic (exact) mass is 692 g/mol. The Kier molecular flexibility index (Phi) is 8.10. The standard InChI is InChI=1S/C38H44O12/c1-19(39)48-28-15-27(42)38-18-47-17-35(28,3)26(38)14-29(50-34(44)21-7-9-23(45-6)10-8-21)37(5)31-25(41)13-24(22-11-12-46-16-22)36(31,4)33(49-20(2)40)30(43)32(37)38/h7-12,16,24,26-29,31-33,42H,13-15,17-18H2,1-6H3/t24-,26-,27-,28+,29+,31+,32-,33-,35+,36-,37-,38+/m0/s1. The van der Waals surface area contributed by atoms with Crippen molar-refractivity contribution < 1.29 is 57.2 Å². The Morgan fingerprint density at radius 2 is 1.56 bits per heavy atom. The molecule has 4 saturated carbocycles. The number of fused-ring (bicyclic) bond motifs is 3. The number of rotatable bonds is 6. The summed E-state index contributed by atoms with van der Waals surface area (Å²) in [5.41, 5.74) is -3.89. The number of benzene rings is 1. The molecule has 0 radical (unpaired) electrons. The third kappa shape index (κ3) is 4.59. The molecule has 1 N–H and O–H groups in total. The first-order valence-corrected chi connectivity index (χ1v) is 17.2. The zero-order chi connectivity index (χ0) is 36.0. The van der Waals surface area contributed by atoms with Crippen LogP contribution in [0.2, 0.25) is 0 Å². The Balaban J connectivity index is 1.44. The van der Waals surface area contributed by atoms with E-state index in [1.807, 2.05) is 13.8 Å². The van der Waals surface area contributed by atoms with Crippen molar-refractivity contribution in [3.8, 4) is 5.75 Å². The van der Waals surface area contributed by atoms with Gasteiger partial charge < -0.3 is 33.2 Å². The van der Waals surface area contributed by atoms with Gasteiger partial charge in [0.05, 0.1) is 44.5 Å². The van der Waals surface area contributed by atoms with E-state index in [-0.39, 0.29) is 43.8 Å². The van der Waals surface area contributed by atoms with Gasteiger partial charge in [-0.05, 0) is 48.2 Å². The molecule has 2 aromatic rings. The van der Waals surface area contributed by atoms with E-state index in [1.165, 1.54) is 33.5 Å². The minimum absolute atomic E-state index is 0.0259. The quantitative estimate of drug-likeness (QED) is 0.341. The highest BCUT2D eigenvalue weighted by Gasteiger charge is 2.82. The number of Topliss-reactive ketones (excluding diaryl/α,β-unsaturated/α-hetero) is 2. The van der Waals surface area contributed by atoms with Crippen LogP contribution in [0.25, 0.3) is 0 Å². The summed E-state index contributed by atoms with van der Waals surface area (Å²) in [6, 6.07) is 8.19. The molecule has 5 aliphatic rings. The summed E-state index contributed by atoms with van der Waals surface area (Å²) in [7, 11) is 1.52. The second-order valence-corrected chi connectivity index (χ2v) is 15.6. The molecule has 0 amide bonds. The number of esters is 3. The van der Waals surface area contributed by atoms with Gasteiger partial charge in [-0.15, -0.1) is 0 Å². The third-order valence-electron chi connectivity index (χ3n) is 13.2. The minimum Gasteiger partial charge on any atom is -0.497 e. The smallest absolute Gasteiger partial charge is 0.338 e. The number of carbonyl (C=O) groups excluding carboxylic acids is 5. The first kappa shape index (κ1) is 34.4. The van der Waals surface area contributed by atoms with Crippen LogP contribution in [0.5, 0.6) is 5.75 Å². The maximum absolute atomic E-state index is 15.5. The van der Waals surface area contributed by atoms with E-state index in [9.17, 15) is 24.3 Å². The van der Waals surface area contributed by atoms with Crippen molar-refractivity contribution in [2.24, 2.45) is 39.4 Å². The molecule has 2 heterocycles. The fourth-order valence-corrected chi connectivity index (χ4v) is 11.4. The van der Waals surface area contributed by atoms with Crippen LogP contribution in [-0.4, -0.2) is 79.3 Å². The number of ketones is 2. The first-order chi connectivity index (χ1) is 23.6. The van der Waals surface area contributed by atoms with Gasteiger partial charge in [-0.2, -0.15) is 0 Å². The summed E-state index contributed by atoms with van der Waals surface area (Å²) in [5, 5.41) is 12.3. The Bertz CT molecular complexity index is 1720. The van der Waals surface area contributed by atoms with Crippen molar-refractivity contribution in [1.82, 2.24) is 0 Å². The Hall–Kier alpha value is -4.03. The topological polar surface area (TPSA) is 165 Å². The lowest BCUT2D eigenvalue weighted by Crippen LogP contribution is -2.79. The van der Waals surface area contributed by atoms with Gasteiger partial charge in [-0.25, -0.2) is 4.79 Å². The van der Waals surface area contributed by atoms with Crippen molar-refractivity contribution in [2.75, 3.05) is 20.3 Å². The molecular formula is C38H44O12. The normalized spacial score (nSPS) is 41.7. The number of hydrogen-bond acceptors (Lipinski definition) is 12. The SMILES string of the molecule is COc1ccc(C(=O)O[C@@H]2C[C@H]3[C@@]4(C)COC[C@@]3([C@@H](O)C[C@H]4OC(C)=O)[C@H]3C(=O)[C@H](OC(C)=O)[C@]4(C)[C@@H](C(=O)C[C@H]4c4ccoc4)[C@]23C)cc1. The molecule has 1 saturated heterocycles. The fourth-order valence-electron chi connectivity index (χ4n) is 11.4. The van der Waals surface area contributed by atoms with Gasteiger partial charge in [0.2, 0.25) is 0 Å². The predicted molar refractivity (Wildman–Crippen MR) is 173 cm³/mol. The molecule has 7 rings (SSSR count). The molecule has 12 nitrogen and oxygen atoms in total. The van der Waals surface area contributed by atoms with Crippen molar-refractivity contribution in [3.05, 3.63) is 54.0 Å². The highest BCUT2D eigenvalue weighted by atomic mass is 16.6. The van der Waals surface area contributed by atoms with Crippen LogP contribution in [0, 0.1) is 39.4 Å². The molecular weight excluding hydrogens is 648 g/mol. The van der Waals surface area contributed by atoms with E-state index in [0.29, 0.717) is 11.3 Å². The summed E-state index contributed by atoms with van der Waals surface area (Å²) < 4.78 is 35.2. The number of aliphatic hydroxyl groups excluding tert-OH is 1. The molecule has 1 aromatic heterocycles. The number of ether oxygens (including phenoxy) is 5. The molecule has 12 atom stereocenters. The van der Waals surface area contributed by atoms with Gasteiger partial charge in [0.15, 0.2) is 11.9 Å². The van der Waals surface area contributed by atoms with Crippen molar-refractivity contribution in [2.45, 2.75) is 84.2 Å². The largest absolute Gasteiger partial charge is 0.497 e. The van der Waals surface area contributed by atoms with Gasteiger partial charge in [0, 0.05) is 66.1 Å². The lowest BCUT2D eigenvalue weighted by molar-refractivity contribution is -0.322. The van der Waals surface area contributed by atoms with Crippen molar-refractivity contribution in [1.29, 1.82) is 0 Å². The number of hydrogen-bond donors (Lipinski definition) is 1. The number of methoxy groups -OCH3 is 1. The van der Waals surface area contributed by atoms with Gasteiger partial charge >= 0.3 is 17.9 Å². The molecule has 1 aromatic carbocycles. The summed E-state index contributed by atoms with van der Waals surface area (Å²) in [6.45, 7) is 8.19. The fraction of sp³-hybridized carbons (Fsp3) is 0.605. The Morgan fingerprint density at radius 3 is 2.18 bits per heavy atom. The van der Waals surface area contributed by atoms with Crippen LogP contribution in [0.3, 0.4) is 0 Å². The first-order valence-electron chi connectivity index (χ1n) is 17.2. The lowest BCUT2D eigenvalue weighted by Gasteiger charge is -2.72. The second-order valence-electron chi connectivity index (χ2n) is 15.6. The lowest BCUT2D eigenvalue weighted by atomic mass is 9.33. The summed E-state index contributed by atoms with van der Waals surface area (Å²) in [5.74, 6) is -5.15. The summed E-state index contributed by atoms with van der Waals surface area (Å²) in [4.78, 5) is 69.3. The predicted octanol–water partition coefficient (Wildman–Crippen LogP) is 4.07. The van der Waals surface area contributed by atoms with Gasteiger partial charge in [0.25, 0.3) is 0 Å². The van der Waals surface area contributed by atoms with E-state index < -0.39 is 93.4 Å². The van der Waals surface area contributed by atoms with E-state index in [2.05, 4.69) is 0 Å². The van der Waals surface area contributed by atoms with E-state index >= 15 is 4.79 Å². The van der Waals surface area contributed by atoms with Crippen LogP contribution in [0.1, 0.15) is 75.7 Å². The number of furan rings is 1. The van der Waals surface area contributed by atoms with Crippen LogP contribution < -0.4 is 4.74 Å². The van der Waals surface area contributed by atoms with E-state index in [1.54, 1.807) is 37.3 Å². The summed E-state index contributed by atoms with van der Waals surface area (Å²) in [6.07, 6.45) is -1.09. The molecule has 5 fully saturated rings. The maximum Gasteiger partial charge on any atom is 0.338 e. The van der Waals surface area contributed by atoms with Gasteiger partial charge in [-0.3, -0.25) is 19.2 Å². The molecule has 12 heteroatoms. The van der Waals surface area contributed by atoms with E-state index in [0.717, 1.165) is 0 Å². The molecule has 1 aliphatic heterocycles. The zero-order valence-electron chi connectivity index (χ0n) is 29.1. The Morgan fingerprint density at radius 1 is 0.860 bits per heavy atom. The average Bonchev–Trinajstić information content (AvgIpc) is 3.68. The van der Waals surface area contributed by atoms with Crippen LogP contribution >= 0.6 is 0 Å². The van der Waals surface area contributed by atoms with E-state index in [4.69, 9.17) is 28.1 Å². The van der Waals surface area contributed by atoms with Crippen LogP contribution in [-0.2, 0) is 38.1 Å². The highest BCUT2D eigenvalue weighted by Crippen LogP contribution is 2.75. The number of aliphatic hydroxyl groups is 1. The van der Waals surface area contributed by atoms with Crippen LogP contribution in [0.4, 0.5) is 0 Å². The van der Waals surface area contributed by atoms with Crippen molar-refractivity contribution in [3.63, 3.8) is 0 Å². The minimum atomic E-state index is -1.38. The molecule has 4 aliphatic carbocycles. The molecule has 268 valence electrons. The second kappa shape index (κ2) is 11.8. The highest BCUT2D eigenvalue weighted by molar-refractivity contribution is 5.98. The molecule has 0 unspecified atom stereocenters. The summed E-state index contributed by atoms with van der Waals surface area (Å²) >= 11 is 0. The van der Waals surface area contributed by atoms with Gasteiger partial charge in [0.1, 0.15) is 23.7 Å². The zero-order valence-corrected chi connectivity index (χ0v) is 29.1. The van der Waals surface area contributed by atoms with Crippen molar-refractivity contribution >= 4 is 29.5 Å².